The Morgan fingerprint density at radius 3 is 2.39 bits per heavy atom. The molecule has 0 spiro atoms. The molecule has 2 heterocycles. The number of aromatic hydroxyl groups is 1. The Balaban J connectivity index is 1.65. The lowest BCUT2D eigenvalue weighted by atomic mass is 9.90. The third-order valence-corrected chi connectivity index (χ3v) is 6.80. The third kappa shape index (κ3) is 4.28. The van der Waals surface area contributed by atoms with Crippen LogP contribution in [0.2, 0.25) is 0 Å². The highest BCUT2D eigenvalue weighted by molar-refractivity contribution is 5.92. The van der Waals surface area contributed by atoms with Crippen LogP contribution in [0.3, 0.4) is 0 Å². The number of carbonyl (C=O) groups is 1. The quantitative estimate of drug-likeness (QED) is 0.504. The smallest absolute Gasteiger partial charge is 0.305 e. The highest BCUT2D eigenvalue weighted by Gasteiger charge is 2.58. The molecule has 9 heteroatoms. The number of para-hydroxylation sites is 1. The van der Waals surface area contributed by atoms with Crippen LogP contribution in [0, 0.1) is 6.92 Å². The number of piperazine rings is 1. The molecule has 4 rings (SSSR count). The summed E-state index contributed by atoms with van der Waals surface area (Å²) < 4.78 is 34.8. The van der Waals surface area contributed by atoms with Gasteiger partial charge in [-0.25, -0.2) is 9.97 Å². The van der Waals surface area contributed by atoms with Gasteiger partial charge < -0.3 is 19.6 Å². The summed E-state index contributed by atoms with van der Waals surface area (Å²) in [5.74, 6) is -3.19. The minimum atomic E-state index is -3.52. The summed E-state index contributed by atoms with van der Waals surface area (Å²) in [6.07, 6.45) is 0. The van der Waals surface area contributed by atoms with Crippen molar-refractivity contribution in [2.45, 2.75) is 32.3 Å². The molecule has 0 bridgehead atoms. The molecule has 1 fully saturated rings. The van der Waals surface area contributed by atoms with E-state index in [0.717, 1.165) is 30.5 Å². The largest absolute Gasteiger partial charge is 0.507 e. The Morgan fingerprint density at radius 1 is 1.11 bits per heavy atom. The molecule has 1 aliphatic heterocycles. The summed E-state index contributed by atoms with van der Waals surface area (Å²) in [7, 11) is 1.11. The standard InChI is InChI=1S/C27H30F2N4O3/c1-17(2)27(28,29)26(4,36-5)25(35)33-14-12-32(13-15-33)24-19-11-10-18(3)16-21(19)30-23(31-24)20-8-6-7-9-22(20)34/h6-11,16,34H,1,12-15H2,2-5H3. The minimum Gasteiger partial charge on any atom is -0.507 e. The van der Waals surface area contributed by atoms with Crippen LogP contribution in [0.5, 0.6) is 5.75 Å². The topological polar surface area (TPSA) is 78.8 Å². The lowest BCUT2D eigenvalue weighted by Crippen LogP contribution is -2.62. The van der Waals surface area contributed by atoms with Gasteiger partial charge in [-0.1, -0.05) is 24.8 Å². The van der Waals surface area contributed by atoms with Crippen LogP contribution >= 0.6 is 0 Å². The van der Waals surface area contributed by atoms with Crippen molar-refractivity contribution < 1.29 is 23.4 Å². The molecule has 2 aromatic carbocycles. The van der Waals surface area contributed by atoms with E-state index in [-0.39, 0.29) is 18.8 Å². The van der Waals surface area contributed by atoms with Gasteiger partial charge in [0.15, 0.2) is 5.82 Å². The van der Waals surface area contributed by atoms with E-state index >= 15 is 0 Å². The van der Waals surface area contributed by atoms with Crippen molar-refractivity contribution in [2.24, 2.45) is 0 Å². The van der Waals surface area contributed by atoms with Crippen LogP contribution in [0.4, 0.5) is 14.6 Å². The molecule has 1 amide bonds. The predicted molar refractivity (Wildman–Crippen MR) is 135 cm³/mol. The number of amides is 1. The maximum Gasteiger partial charge on any atom is 0.305 e. The number of carbonyl (C=O) groups excluding carboxylic acids is 1. The first-order valence-electron chi connectivity index (χ1n) is 11.7. The Labute approximate surface area is 209 Å². The van der Waals surface area contributed by atoms with E-state index in [1.807, 2.05) is 30.0 Å². The highest BCUT2D eigenvalue weighted by atomic mass is 19.3. The van der Waals surface area contributed by atoms with Gasteiger partial charge in [0.2, 0.25) is 5.60 Å². The Kier molecular flexibility index (Phi) is 6.70. The zero-order valence-corrected chi connectivity index (χ0v) is 20.9. The Morgan fingerprint density at radius 2 is 1.78 bits per heavy atom. The van der Waals surface area contributed by atoms with Crippen molar-refractivity contribution in [2.75, 3.05) is 38.2 Å². The maximum absolute atomic E-state index is 14.9. The number of ether oxygens (including phenoxy) is 1. The number of alkyl halides is 2. The lowest BCUT2D eigenvalue weighted by Gasteiger charge is -2.42. The molecule has 3 aromatic rings. The van der Waals surface area contributed by atoms with Gasteiger partial charge >= 0.3 is 5.92 Å². The van der Waals surface area contributed by atoms with Gasteiger partial charge in [0.05, 0.1) is 11.1 Å². The molecule has 0 saturated carbocycles. The molecular formula is C27H30F2N4O3. The van der Waals surface area contributed by atoms with E-state index < -0.39 is 23.0 Å². The molecular weight excluding hydrogens is 466 g/mol. The number of hydrogen-bond acceptors (Lipinski definition) is 6. The summed E-state index contributed by atoms with van der Waals surface area (Å²) in [6, 6.07) is 12.7. The summed E-state index contributed by atoms with van der Waals surface area (Å²) in [4.78, 5) is 26.0. The van der Waals surface area contributed by atoms with Crippen LogP contribution in [0.1, 0.15) is 19.4 Å². The first-order valence-corrected chi connectivity index (χ1v) is 11.7. The Hall–Kier alpha value is -3.59. The van der Waals surface area contributed by atoms with Crippen LogP contribution in [-0.2, 0) is 9.53 Å². The minimum absolute atomic E-state index is 0.0724. The fraction of sp³-hybridized carbons (Fsp3) is 0.370. The molecule has 36 heavy (non-hydrogen) atoms. The summed E-state index contributed by atoms with van der Waals surface area (Å²) >= 11 is 0. The third-order valence-electron chi connectivity index (χ3n) is 6.80. The maximum atomic E-state index is 14.9. The monoisotopic (exact) mass is 496 g/mol. The van der Waals surface area contributed by atoms with E-state index in [1.54, 1.807) is 24.3 Å². The fourth-order valence-electron chi connectivity index (χ4n) is 4.43. The number of rotatable bonds is 6. The van der Waals surface area contributed by atoms with Gasteiger partial charge in [0.25, 0.3) is 5.91 Å². The van der Waals surface area contributed by atoms with Crippen LogP contribution < -0.4 is 4.90 Å². The molecule has 1 unspecified atom stereocenters. The number of anilines is 1. The van der Waals surface area contributed by atoms with Crippen molar-refractivity contribution in [3.63, 3.8) is 0 Å². The molecule has 1 saturated heterocycles. The lowest BCUT2D eigenvalue weighted by molar-refractivity contribution is -0.192. The number of methoxy groups -OCH3 is 1. The second-order valence-corrected chi connectivity index (χ2v) is 9.28. The van der Waals surface area contributed by atoms with Crippen LogP contribution in [-0.4, -0.2) is 70.7 Å². The summed E-state index contributed by atoms with van der Waals surface area (Å²) in [5, 5.41) is 11.2. The first kappa shape index (κ1) is 25.5. The number of fused-ring (bicyclic) bond motifs is 1. The average molecular weight is 497 g/mol. The molecule has 0 radical (unpaired) electrons. The fourth-order valence-corrected chi connectivity index (χ4v) is 4.43. The van der Waals surface area contributed by atoms with Gasteiger partial charge in [-0.05, 0) is 56.2 Å². The van der Waals surface area contributed by atoms with Crippen LogP contribution in [0.15, 0.2) is 54.6 Å². The van der Waals surface area contributed by atoms with E-state index in [2.05, 4.69) is 11.6 Å². The second kappa shape index (κ2) is 9.46. The van der Waals surface area contributed by atoms with Crippen molar-refractivity contribution >= 4 is 22.6 Å². The zero-order valence-electron chi connectivity index (χ0n) is 20.9. The SMILES string of the molecule is C=C(C)C(F)(F)C(C)(OC)C(=O)N1CCN(c2nc(-c3ccccc3O)nc3cc(C)ccc23)CC1. The number of nitrogens with zero attached hydrogens (tertiary/aromatic N) is 4. The molecule has 1 N–H and O–H groups in total. The molecule has 1 aromatic heterocycles. The molecule has 1 aliphatic rings. The highest BCUT2D eigenvalue weighted by Crippen LogP contribution is 2.39. The van der Waals surface area contributed by atoms with Crippen molar-refractivity contribution in [3.05, 3.63) is 60.2 Å². The Bertz CT molecular complexity index is 1320. The normalized spacial score (nSPS) is 16.2. The van der Waals surface area contributed by atoms with Crippen molar-refractivity contribution in [1.82, 2.24) is 14.9 Å². The number of phenols is 1. The van der Waals surface area contributed by atoms with Crippen molar-refractivity contribution in [1.29, 1.82) is 0 Å². The van der Waals surface area contributed by atoms with Gasteiger partial charge in [-0.3, -0.25) is 4.79 Å². The molecule has 190 valence electrons. The number of hydrogen-bond donors (Lipinski definition) is 1. The molecule has 7 nitrogen and oxygen atoms in total. The second-order valence-electron chi connectivity index (χ2n) is 9.28. The predicted octanol–water partition coefficient (Wildman–Crippen LogP) is 4.58. The van der Waals surface area contributed by atoms with Gasteiger partial charge in [0.1, 0.15) is 11.6 Å². The number of benzene rings is 2. The van der Waals surface area contributed by atoms with E-state index in [9.17, 15) is 18.7 Å². The van der Waals surface area contributed by atoms with Crippen LogP contribution in [0.25, 0.3) is 22.3 Å². The number of aryl methyl sites for hydroxylation is 1. The van der Waals surface area contributed by atoms with Gasteiger partial charge in [-0.2, -0.15) is 8.78 Å². The van der Waals surface area contributed by atoms with E-state index in [4.69, 9.17) is 9.72 Å². The van der Waals surface area contributed by atoms with Gasteiger partial charge in [0, 0.05) is 38.7 Å². The molecule has 0 aliphatic carbocycles. The summed E-state index contributed by atoms with van der Waals surface area (Å²) in [6.45, 7) is 8.81. The van der Waals surface area contributed by atoms with Crippen molar-refractivity contribution in [3.8, 4) is 17.1 Å². The average Bonchev–Trinajstić information content (AvgIpc) is 2.87. The molecule has 1 atom stereocenters. The van der Waals surface area contributed by atoms with E-state index in [1.165, 1.54) is 11.8 Å². The summed E-state index contributed by atoms with van der Waals surface area (Å²) in [5.41, 5.74) is -0.516. The number of halogens is 2. The van der Waals surface area contributed by atoms with Gasteiger partial charge in [-0.15, -0.1) is 0 Å². The van der Waals surface area contributed by atoms with E-state index in [0.29, 0.717) is 30.3 Å². The number of aromatic nitrogens is 2. The zero-order chi connectivity index (χ0) is 26.3. The first-order chi connectivity index (χ1) is 17.0. The number of phenolic OH excluding ortho intramolecular Hbond substituents is 1.